The summed E-state index contributed by atoms with van der Waals surface area (Å²) < 4.78 is 13.6. The molecule has 0 saturated carbocycles. The molecule has 20 heavy (non-hydrogen) atoms. The van der Waals surface area contributed by atoms with Gasteiger partial charge in [0.05, 0.1) is 10.6 Å². The van der Waals surface area contributed by atoms with E-state index in [1.165, 1.54) is 24.3 Å². The number of nitrogens with zero attached hydrogens (tertiary/aromatic N) is 1. The van der Waals surface area contributed by atoms with Gasteiger partial charge in [0.15, 0.2) is 0 Å². The van der Waals surface area contributed by atoms with Crippen LogP contribution in [0.15, 0.2) is 36.4 Å². The number of hydrogen-bond acceptors (Lipinski definition) is 3. The predicted octanol–water partition coefficient (Wildman–Crippen LogP) is 4.31. The van der Waals surface area contributed by atoms with Crippen molar-refractivity contribution in [3.63, 3.8) is 0 Å². The van der Waals surface area contributed by atoms with Crippen LogP contribution >= 0.6 is 11.6 Å². The molecule has 0 aromatic heterocycles. The van der Waals surface area contributed by atoms with E-state index in [1.807, 2.05) is 0 Å². The fourth-order valence-corrected chi connectivity index (χ4v) is 2.05. The van der Waals surface area contributed by atoms with Crippen LogP contribution in [-0.4, -0.2) is 4.92 Å². The van der Waals surface area contributed by atoms with Crippen molar-refractivity contribution in [1.82, 2.24) is 0 Å². The van der Waals surface area contributed by atoms with E-state index in [9.17, 15) is 14.5 Å². The van der Waals surface area contributed by atoms with Crippen LogP contribution in [0.3, 0.4) is 0 Å². The van der Waals surface area contributed by atoms with Gasteiger partial charge in [-0.25, -0.2) is 4.39 Å². The second-order valence-electron chi connectivity index (χ2n) is 4.30. The molecule has 0 amide bonds. The highest BCUT2D eigenvalue weighted by Crippen LogP contribution is 2.24. The number of nitrogens with one attached hydrogen (secondary N) is 1. The van der Waals surface area contributed by atoms with Crippen molar-refractivity contribution in [2.45, 2.75) is 13.5 Å². The van der Waals surface area contributed by atoms with Gasteiger partial charge in [0, 0.05) is 23.2 Å². The Hall–Kier alpha value is -2.14. The molecule has 0 bridgehead atoms. The number of rotatable bonds is 4. The van der Waals surface area contributed by atoms with Crippen LogP contribution in [-0.2, 0) is 6.54 Å². The van der Waals surface area contributed by atoms with Gasteiger partial charge >= 0.3 is 0 Å². The van der Waals surface area contributed by atoms with Gasteiger partial charge in [-0.15, -0.1) is 0 Å². The molecule has 0 aliphatic rings. The maximum atomic E-state index is 13.6. The molecule has 2 aromatic carbocycles. The molecule has 104 valence electrons. The van der Waals surface area contributed by atoms with Gasteiger partial charge in [-0.1, -0.05) is 23.7 Å². The monoisotopic (exact) mass is 294 g/mol. The highest BCUT2D eigenvalue weighted by atomic mass is 35.5. The Balaban J connectivity index is 2.21. The molecule has 0 aliphatic carbocycles. The Kier molecular flexibility index (Phi) is 4.20. The lowest BCUT2D eigenvalue weighted by Gasteiger charge is -2.10. The van der Waals surface area contributed by atoms with Crippen LogP contribution in [0.5, 0.6) is 0 Å². The zero-order chi connectivity index (χ0) is 14.7. The molecule has 0 aliphatic heterocycles. The molecule has 0 fully saturated rings. The van der Waals surface area contributed by atoms with E-state index in [0.29, 0.717) is 10.6 Å². The summed E-state index contributed by atoms with van der Waals surface area (Å²) in [6.45, 7) is 1.95. The smallest absolute Gasteiger partial charge is 0.272 e. The SMILES string of the molecule is Cc1c(CNc2cc(Cl)ccc2F)cccc1[N+](=O)[O-]. The quantitative estimate of drug-likeness (QED) is 0.675. The van der Waals surface area contributed by atoms with Crippen LogP contribution in [0.25, 0.3) is 0 Å². The van der Waals surface area contributed by atoms with Crippen LogP contribution in [0.4, 0.5) is 15.8 Å². The van der Waals surface area contributed by atoms with Crippen LogP contribution < -0.4 is 5.32 Å². The molecular formula is C14H12ClFN2O2. The summed E-state index contributed by atoms with van der Waals surface area (Å²) in [6.07, 6.45) is 0. The molecule has 6 heteroatoms. The molecule has 0 radical (unpaired) electrons. The molecule has 4 nitrogen and oxygen atoms in total. The summed E-state index contributed by atoms with van der Waals surface area (Å²) in [6, 6.07) is 9.02. The minimum atomic E-state index is -0.432. The lowest BCUT2D eigenvalue weighted by atomic mass is 10.1. The van der Waals surface area contributed by atoms with Crippen molar-refractivity contribution in [3.8, 4) is 0 Å². The van der Waals surface area contributed by atoms with E-state index >= 15 is 0 Å². The summed E-state index contributed by atoms with van der Waals surface area (Å²) in [5.74, 6) is -0.419. The topological polar surface area (TPSA) is 55.2 Å². The van der Waals surface area contributed by atoms with Crippen LogP contribution in [0.1, 0.15) is 11.1 Å². The summed E-state index contributed by atoms with van der Waals surface area (Å²) in [4.78, 5) is 10.4. The summed E-state index contributed by atoms with van der Waals surface area (Å²) in [7, 11) is 0. The average molecular weight is 295 g/mol. The Morgan fingerprint density at radius 3 is 2.80 bits per heavy atom. The lowest BCUT2D eigenvalue weighted by molar-refractivity contribution is -0.385. The minimum absolute atomic E-state index is 0.0517. The van der Waals surface area contributed by atoms with Gasteiger partial charge in [-0.2, -0.15) is 0 Å². The number of anilines is 1. The molecule has 0 heterocycles. The van der Waals surface area contributed by atoms with Crippen LogP contribution in [0.2, 0.25) is 5.02 Å². The minimum Gasteiger partial charge on any atom is -0.379 e. The van der Waals surface area contributed by atoms with Gasteiger partial charge in [0.2, 0.25) is 0 Å². The Labute approximate surface area is 120 Å². The Bertz CT molecular complexity index is 662. The average Bonchev–Trinajstić information content (AvgIpc) is 2.41. The number of nitro benzene ring substituents is 1. The standard InChI is InChI=1S/C14H12ClFN2O2/c1-9-10(3-2-4-14(9)18(19)20)8-17-13-7-11(15)5-6-12(13)16/h2-7,17H,8H2,1H3. The van der Waals surface area contributed by atoms with Crippen molar-refractivity contribution in [3.05, 3.63) is 68.5 Å². The zero-order valence-electron chi connectivity index (χ0n) is 10.7. The third kappa shape index (κ3) is 3.05. The highest BCUT2D eigenvalue weighted by molar-refractivity contribution is 6.30. The van der Waals surface area contributed by atoms with Gasteiger partial charge < -0.3 is 5.32 Å². The summed E-state index contributed by atoms with van der Waals surface area (Å²) in [5, 5.41) is 14.2. The molecule has 2 aromatic rings. The van der Waals surface area contributed by atoms with Gasteiger partial charge in [0.25, 0.3) is 5.69 Å². The second-order valence-corrected chi connectivity index (χ2v) is 4.73. The Morgan fingerprint density at radius 2 is 2.10 bits per heavy atom. The first-order chi connectivity index (χ1) is 9.49. The fraction of sp³-hybridized carbons (Fsp3) is 0.143. The Morgan fingerprint density at radius 1 is 1.35 bits per heavy atom. The largest absolute Gasteiger partial charge is 0.379 e. The van der Waals surface area contributed by atoms with E-state index in [1.54, 1.807) is 19.1 Å². The number of hydrogen-bond donors (Lipinski definition) is 1. The second kappa shape index (κ2) is 5.88. The fourth-order valence-electron chi connectivity index (χ4n) is 1.88. The first-order valence-corrected chi connectivity index (χ1v) is 6.28. The molecule has 0 saturated heterocycles. The summed E-state index contributed by atoms with van der Waals surface area (Å²) >= 11 is 5.80. The molecular weight excluding hydrogens is 283 g/mol. The van der Waals surface area contributed by atoms with Crippen LogP contribution in [0, 0.1) is 22.9 Å². The van der Waals surface area contributed by atoms with E-state index < -0.39 is 10.7 Å². The first kappa shape index (κ1) is 14.3. The van der Waals surface area contributed by atoms with Crippen molar-refractivity contribution in [2.75, 3.05) is 5.32 Å². The molecule has 0 spiro atoms. The number of benzene rings is 2. The third-order valence-corrected chi connectivity index (χ3v) is 3.25. The maximum absolute atomic E-state index is 13.6. The first-order valence-electron chi connectivity index (χ1n) is 5.91. The molecule has 0 atom stereocenters. The number of halogens is 2. The number of nitro groups is 1. The third-order valence-electron chi connectivity index (χ3n) is 3.01. The maximum Gasteiger partial charge on any atom is 0.272 e. The van der Waals surface area contributed by atoms with Crippen molar-refractivity contribution in [1.29, 1.82) is 0 Å². The van der Waals surface area contributed by atoms with E-state index in [4.69, 9.17) is 11.6 Å². The van der Waals surface area contributed by atoms with Gasteiger partial charge in [0.1, 0.15) is 5.82 Å². The van der Waals surface area contributed by atoms with Crippen molar-refractivity contribution >= 4 is 23.0 Å². The zero-order valence-corrected chi connectivity index (χ0v) is 11.4. The summed E-state index contributed by atoms with van der Waals surface area (Å²) in [5.41, 5.74) is 1.62. The van der Waals surface area contributed by atoms with E-state index in [2.05, 4.69) is 5.32 Å². The van der Waals surface area contributed by atoms with E-state index in [0.717, 1.165) is 5.56 Å². The molecule has 0 unspecified atom stereocenters. The normalized spacial score (nSPS) is 10.3. The molecule has 2 rings (SSSR count). The molecule has 1 N–H and O–H groups in total. The highest BCUT2D eigenvalue weighted by Gasteiger charge is 2.13. The van der Waals surface area contributed by atoms with Crippen molar-refractivity contribution in [2.24, 2.45) is 0 Å². The lowest BCUT2D eigenvalue weighted by Crippen LogP contribution is -2.04. The van der Waals surface area contributed by atoms with Gasteiger partial charge in [-0.05, 0) is 30.7 Å². The van der Waals surface area contributed by atoms with Crippen molar-refractivity contribution < 1.29 is 9.31 Å². The van der Waals surface area contributed by atoms with Gasteiger partial charge in [-0.3, -0.25) is 10.1 Å². The predicted molar refractivity (Wildman–Crippen MR) is 76.6 cm³/mol. The van der Waals surface area contributed by atoms with E-state index in [-0.39, 0.29) is 17.9 Å².